The number of nitrogens with zero attached hydrogens (tertiary/aromatic N) is 3. The summed E-state index contributed by atoms with van der Waals surface area (Å²) < 4.78 is 56.2. The van der Waals surface area contributed by atoms with Gasteiger partial charge in [0, 0.05) is 24.2 Å². The van der Waals surface area contributed by atoms with E-state index >= 15 is 0 Å². The van der Waals surface area contributed by atoms with Crippen LogP contribution in [0, 0.1) is 11.8 Å². The van der Waals surface area contributed by atoms with Crippen molar-refractivity contribution in [1.29, 1.82) is 0 Å². The first-order chi connectivity index (χ1) is 17.7. The van der Waals surface area contributed by atoms with E-state index in [9.17, 15) is 17.6 Å². The molecule has 0 spiro atoms. The molecule has 3 heterocycles. The molecule has 1 saturated heterocycles. The Balaban J connectivity index is 1.61. The Bertz CT molecular complexity index is 1320. The second-order valence-corrected chi connectivity index (χ2v) is 9.27. The molecule has 196 valence electrons. The topological polar surface area (TPSA) is 45.1 Å². The SMILES string of the molecule is C=Cc1cc(CC)c(NCC#Cc2cc3c(NC4CCN(C)CC4F)cccc3n2CC(F)(F)F)cn1. The van der Waals surface area contributed by atoms with Crippen LogP contribution in [0.25, 0.3) is 17.0 Å². The lowest BCUT2D eigenvalue weighted by molar-refractivity contribution is -0.140. The highest BCUT2D eigenvalue weighted by atomic mass is 19.4. The summed E-state index contributed by atoms with van der Waals surface area (Å²) in [5.74, 6) is 5.85. The minimum absolute atomic E-state index is 0.236. The lowest BCUT2D eigenvalue weighted by atomic mass is 10.0. The molecular weight excluding hydrogens is 482 g/mol. The number of hydrogen-bond donors (Lipinski definition) is 2. The van der Waals surface area contributed by atoms with Crippen LogP contribution >= 0.6 is 0 Å². The van der Waals surface area contributed by atoms with Gasteiger partial charge >= 0.3 is 6.18 Å². The van der Waals surface area contributed by atoms with Gasteiger partial charge in [0.15, 0.2) is 0 Å². The minimum atomic E-state index is -4.42. The number of fused-ring (bicyclic) bond motifs is 1. The molecule has 1 aliphatic rings. The smallest absolute Gasteiger partial charge is 0.379 e. The van der Waals surface area contributed by atoms with E-state index in [1.807, 2.05) is 24.9 Å². The fourth-order valence-corrected chi connectivity index (χ4v) is 4.64. The number of alkyl halides is 4. The molecule has 1 fully saturated rings. The van der Waals surface area contributed by atoms with Crippen molar-refractivity contribution in [2.75, 3.05) is 37.3 Å². The average Bonchev–Trinajstić information content (AvgIpc) is 3.20. The fourth-order valence-electron chi connectivity index (χ4n) is 4.64. The minimum Gasteiger partial charge on any atom is -0.379 e. The van der Waals surface area contributed by atoms with Crippen molar-refractivity contribution in [3.63, 3.8) is 0 Å². The number of aryl methyl sites for hydroxylation is 1. The molecule has 37 heavy (non-hydrogen) atoms. The van der Waals surface area contributed by atoms with Gasteiger partial charge in [0.1, 0.15) is 12.7 Å². The van der Waals surface area contributed by atoms with Crippen molar-refractivity contribution in [3.8, 4) is 11.8 Å². The molecular formula is C28H31F4N5. The van der Waals surface area contributed by atoms with Gasteiger partial charge in [-0.1, -0.05) is 25.5 Å². The van der Waals surface area contributed by atoms with Gasteiger partial charge in [0.05, 0.1) is 41.4 Å². The Morgan fingerprint density at radius 1 is 1.24 bits per heavy atom. The second kappa shape index (κ2) is 11.3. The Morgan fingerprint density at radius 3 is 2.76 bits per heavy atom. The lowest BCUT2D eigenvalue weighted by Gasteiger charge is -2.33. The van der Waals surface area contributed by atoms with Crippen molar-refractivity contribution in [2.45, 2.75) is 44.7 Å². The Labute approximate surface area is 214 Å². The maximum Gasteiger partial charge on any atom is 0.406 e. The normalized spacial score (nSPS) is 18.3. The molecule has 2 aromatic heterocycles. The molecule has 3 aromatic rings. The van der Waals surface area contributed by atoms with Gasteiger partial charge in [0.25, 0.3) is 0 Å². The van der Waals surface area contributed by atoms with Crippen LogP contribution in [-0.4, -0.2) is 59.5 Å². The van der Waals surface area contributed by atoms with Gasteiger partial charge in [-0.15, -0.1) is 0 Å². The van der Waals surface area contributed by atoms with Gasteiger partial charge in [-0.25, -0.2) is 4.39 Å². The third kappa shape index (κ3) is 6.44. The van der Waals surface area contributed by atoms with E-state index in [2.05, 4.69) is 34.0 Å². The molecule has 9 heteroatoms. The predicted molar refractivity (Wildman–Crippen MR) is 141 cm³/mol. The summed E-state index contributed by atoms with van der Waals surface area (Å²) in [6, 6.07) is 8.28. The highest BCUT2D eigenvalue weighted by Gasteiger charge is 2.31. The van der Waals surface area contributed by atoms with Crippen LogP contribution in [0.3, 0.4) is 0 Å². The summed E-state index contributed by atoms with van der Waals surface area (Å²) in [4.78, 5) is 6.23. The molecule has 2 unspecified atom stereocenters. The molecule has 1 aromatic carbocycles. The summed E-state index contributed by atoms with van der Waals surface area (Å²) in [7, 11) is 1.87. The van der Waals surface area contributed by atoms with Gasteiger partial charge in [-0.2, -0.15) is 13.2 Å². The number of anilines is 2. The molecule has 2 atom stereocenters. The molecule has 4 rings (SSSR count). The number of halogens is 4. The van der Waals surface area contributed by atoms with E-state index in [1.54, 1.807) is 36.5 Å². The first-order valence-corrected chi connectivity index (χ1v) is 12.3. The zero-order chi connectivity index (χ0) is 26.6. The first-order valence-electron chi connectivity index (χ1n) is 12.3. The molecule has 0 bridgehead atoms. The highest BCUT2D eigenvalue weighted by molar-refractivity contribution is 5.94. The van der Waals surface area contributed by atoms with Crippen LogP contribution in [-0.2, 0) is 13.0 Å². The van der Waals surface area contributed by atoms with E-state index in [-0.39, 0.29) is 12.2 Å². The molecule has 2 N–H and O–H groups in total. The quantitative estimate of drug-likeness (QED) is 0.313. The van der Waals surface area contributed by atoms with E-state index in [0.717, 1.165) is 29.9 Å². The van der Waals surface area contributed by atoms with Crippen molar-refractivity contribution in [1.82, 2.24) is 14.5 Å². The number of hydrogen-bond acceptors (Lipinski definition) is 4. The van der Waals surface area contributed by atoms with Gasteiger partial charge in [-0.05, 0) is 61.7 Å². The number of nitrogens with one attached hydrogen (secondary N) is 2. The summed E-state index contributed by atoms with van der Waals surface area (Å²) in [5, 5.41) is 7.03. The summed E-state index contributed by atoms with van der Waals surface area (Å²) in [6.07, 6.45) is -0.719. The van der Waals surface area contributed by atoms with Crippen LogP contribution in [0.2, 0.25) is 0 Å². The number of likely N-dealkylation sites (tertiary alicyclic amines) is 1. The number of piperidine rings is 1. The van der Waals surface area contributed by atoms with Gasteiger partial charge in [-0.3, -0.25) is 4.98 Å². The molecule has 0 saturated carbocycles. The third-order valence-electron chi connectivity index (χ3n) is 6.55. The van der Waals surface area contributed by atoms with Crippen molar-refractivity contribution in [3.05, 3.63) is 60.1 Å². The highest BCUT2D eigenvalue weighted by Crippen LogP contribution is 2.31. The van der Waals surface area contributed by atoms with Gasteiger partial charge < -0.3 is 20.1 Å². The largest absolute Gasteiger partial charge is 0.406 e. The zero-order valence-electron chi connectivity index (χ0n) is 21.0. The third-order valence-corrected chi connectivity index (χ3v) is 6.55. The Hall–Kier alpha value is -3.51. The maximum atomic E-state index is 14.6. The van der Waals surface area contributed by atoms with Crippen LogP contribution < -0.4 is 10.6 Å². The van der Waals surface area contributed by atoms with Gasteiger partial charge in [0.2, 0.25) is 0 Å². The molecule has 5 nitrogen and oxygen atoms in total. The van der Waals surface area contributed by atoms with Crippen LogP contribution in [0.4, 0.5) is 28.9 Å². The monoisotopic (exact) mass is 513 g/mol. The van der Waals surface area contributed by atoms with Crippen LogP contribution in [0.1, 0.15) is 30.3 Å². The number of aromatic nitrogens is 2. The van der Waals surface area contributed by atoms with Crippen molar-refractivity contribution in [2.24, 2.45) is 0 Å². The molecule has 1 aliphatic heterocycles. The fraction of sp³-hybridized carbons (Fsp3) is 0.393. The van der Waals surface area contributed by atoms with E-state index in [4.69, 9.17) is 0 Å². The number of benzene rings is 1. The van der Waals surface area contributed by atoms with Crippen LogP contribution in [0.5, 0.6) is 0 Å². The lowest BCUT2D eigenvalue weighted by Crippen LogP contribution is -2.46. The average molecular weight is 514 g/mol. The van der Waals surface area contributed by atoms with E-state index in [0.29, 0.717) is 29.6 Å². The Morgan fingerprint density at radius 2 is 2.05 bits per heavy atom. The zero-order valence-corrected chi connectivity index (χ0v) is 21.0. The second-order valence-electron chi connectivity index (χ2n) is 9.27. The summed E-state index contributed by atoms with van der Waals surface area (Å²) in [5.41, 5.74) is 3.91. The number of rotatable bonds is 7. The van der Waals surface area contributed by atoms with E-state index < -0.39 is 24.9 Å². The standard InChI is InChI=1S/C28H31F4N5/c1-4-19-14-20(5-2)34-16-26(19)33-12-7-8-21-15-22-24(35-25-11-13-36(3)17-23(25)29)9-6-10-27(22)37(21)18-28(30,31)32/h5-6,9-10,14-16,23,25,33,35H,2,4,11-13,17-18H2,1,3H3. The predicted octanol–water partition coefficient (Wildman–Crippen LogP) is 5.72. The first kappa shape index (κ1) is 26.6. The summed E-state index contributed by atoms with van der Waals surface area (Å²) >= 11 is 0. The molecule has 0 aliphatic carbocycles. The molecule has 0 amide bonds. The van der Waals surface area contributed by atoms with Crippen LogP contribution in [0.15, 0.2) is 43.1 Å². The van der Waals surface area contributed by atoms with Crippen molar-refractivity contribution < 1.29 is 17.6 Å². The molecule has 0 radical (unpaired) electrons. The maximum absolute atomic E-state index is 14.6. The summed E-state index contributed by atoms with van der Waals surface area (Å²) in [6.45, 7) is 5.89. The van der Waals surface area contributed by atoms with E-state index in [1.165, 1.54) is 4.57 Å². The number of pyridine rings is 1. The Kier molecular flexibility index (Phi) is 8.08. The van der Waals surface area contributed by atoms with Crippen molar-refractivity contribution >= 4 is 28.4 Å².